The standard InChI is InChI=1S/C32H27FN2O5S/c1-39-29-17-12-23(19-30(29)40-2)28(36)20-41-25-15-13-24(14-16-25)34-32(38)27(18-22-10-6-7-11-26(22)33)35-31(37)21-8-4-3-5-9-21/h3-19H,20H2,1-2H3,(H,34,38)(H,35,37)/b27-18-. The molecule has 208 valence electrons. The molecule has 0 fully saturated rings. The van der Waals surface area contributed by atoms with Crippen LogP contribution in [0.2, 0.25) is 0 Å². The quantitative estimate of drug-likeness (QED) is 0.126. The van der Waals surface area contributed by atoms with Crippen LogP contribution in [-0.2, 0) is 4.79 Å². The van der Waals surface area contributed by atoms with Crippen molar-refractivity contribution < 1.29 is 28.2 Å². The van der Waals surface area contributed by atoms with Crippen molar-refractivity contribution in [2.45, 2.75) is 4.90 Å². The predicted octanol–water partition coefficient (Wildman–Crippen LogP) is 6.23. The molecule has 0 saturated carbocycles. The molecule has 0 atom stereocenters. The zero-order valence-electron chi connectivity index (χ0n) is 22.3. The minimum atomic E-state index is -0.624. The Kier molecular flexibility index (Phi) is 9.90. The normalized spacial score (nSPS) is 11.0. The lowest BCUT2D eigenvalue weighted by molar-refractivity contribution is -0.113. The molecule has 0 saturated heterocycles. The molecule has 0 heterocycles. The number of ketones is 1. The molecule has 0 aliphatic carbocycles. The SMILES string of the molecule is COc1ccc(C(=O)CSc2ccc(NC(=O)/C(=C/c3ccccc3F)NC(=O)c3ccccc3)cc2)cc1OC. The number of ether oxygens (including phenoxy) is 2. The van der Waals surface area contributed by atoms with Crippen LogP contribution in [0.4, 0.5) is 10.1 Å². The fraction of sp³-hybridized carbons (Fsp3) is 0.0938. The summed E-state index contributed by atoms with van der Waals surface area (Å²) >= 11 is 1.35. The van der Waals surface area contributed by atoms with Crippen molar-refractivity contribution in [2.24, 2.45) is 0 Å². The van der Waals surface area contributed by atoms with E-state index in [9.17, 15) is 18.8 Å². The average molecular weight is 571 g/mol. The van der Waals surface area contributed by atoms with Crippen molar-refractivity contribution in [1.82, 2.24) is 5.32 Å². The molecule has 0 spiro atoms. The predicted molar refractivity (Wildman–Crippen MR) is 158 cm³/mol. The summed E-state index contributed by atoms with van der Waals surface area (Å²) in [7, 11) is 3.04. The number of Topliss-reactive ketones (excluding diaryl/α,β-unsaturated/α-hetero) is 1. The Morgan fingerprint density at radius 1 is 0.805 bits per heavy atom. The molecule has 0 aromatic heterocycles. The maximum absolute atomic E-state index is 14.3. The number of hydrogen-bond acceptors (Lipinski definition) is 6. The molecular weight excluding hydrogens is 543 g/mol. The van der Waals surface area contributed by atoms with Gasteiger partial charge in [-0.15, -0.1) is 11.8 Å². The minimum Gasteiger partial charge on any atom is -0.493 e. The molecule has 0 aliphatic heterocycles. The third-order valence-corrected chi connectivity index (χ3v) is 6.93. The molecule has 0 unspecified atom stereocenters. The summed E-state index contributed by atoms with van der Waals surface area (Å²) < 4.78 is 24.8. The van der Waals surface area contributed by atoms with Gasteiger partial charge in [0.15, 0.2) is 17.3 Å². The smallest absolute Gasteiger partial charge is 0.272 e. The molecule has 41 heavy (non-hydrogen) atoms. The van der Waals surface area contributed by atoms with Crippen LogP contribution >= 0.6 is 11.8 Å². The Morgan fingerprint density at radius 2 is 1.49 bits per heavy atom. The Bertz CT molecular complexity index is 1570. The Hall–Kier alpha value is -4.89. The maximum atomic E-state index is 14.3. The second-order valence-electron chi connectivity index (χ2n) is 8.66. The van der Waals surface area contributed by atoms with E-state index < -0.39 is 17.6 Å². The third kappa shape index (κ3) is 7.83. The minimum absolute atomic E-state index is 0.0783. The van der Waals surface area contributed by atoms with E-state index in [-0.39, 0.29) is 22.8 Å². The van der Waals surface area contributed by atoms with Crippen molar-refractivity contribution in [3.8, 4) is 11.5 Å². The molecule has 4 aromatic rings. The molecule has 7 nitrogen and oxygen atoms in total. The van der Waals surface area contributed by atoms with E-state index in [0.717, 1.165) is 4.90 Å². The highest BCUT2D eigenvalue weighted by Crippen LogP contribution is 2.29. The zero-order chi connectivity index (χ0) is 29.2. The average Bonchev–Trinajstić information content (AvgIpc) is 3.01. The molecule has 2 N–H and O–H groups in total. The number of rotatable bonds is 11. The van der Waals surface area contributed by atoms with E-state index in [1.807, 2.05) is 0 Å². The van der Waals surface area contributed by atoms with Gasteiger partial charge in [0.05, 0.1) is 20.0 Å². The van der Waals surface area contributed by atoms with E-state index in [4.69, 9.17) is 9.47 Å². The first-order valence-electron chi connectivity index (χ1n) is 12.5. The highest BCUT2D eigenvalue weighted by atomic mass is 32.2. The van der Waals surface area contributed by atoms with Crippen molar-refractivity contribution in [2.75, 3.05) is 25.3 Å². The van der Waals surface area contributed by atoms with Crippen LogP contribution in [0.25, 0.3) is 6.08 Å². The van der Waals surface area contributed by atoms with Gasteiger partial charge in [-0.25, -0.2) is 4.39 Å². The van der Waals surface area contributed by atoms with Gasteiger partial charge in [0.2, 0.25) is 0 Å². The summed E-state index contributed by atoms with van der Waals surface area (Å²) in [6.07, 6.45) is 1.29. The van der Waals surface area contributed by atoms with Gasteiger partial charge >= 0.3 is 0 Å². The number of halogens is 1. The van der Waals surface area contributed by atoms with E-state index in [0.29, 0.717) is 28.3 Å². The number of carbonyl (C=O) groups excluding carboxylic acids is 3. The van der Waals surface area contributed by atoms with Crippen molar-refractivity contribution in [1.29, 1.82) is 0 Å². The monoisotopic (exact) mass is 570 g/mol. The van der Waals surface area contributed by atoms with Crippen LogP contribution in [0.1, 0.15) is 26.3 Å². The lowest BCUT2D eigenvalue weighted by Crippen LogP contribution is -2.30. The Morgan fingerprint density at radius 3 is 2.17 bits per heavy atom. The van der Waals surface area contributed by atoms with Crippen LogP contribution in [0.3, 0.4) is 0 Å². The first-order valence-corrected chi connectivity index (χ1v) is 13.5. The fourth-order valence-electron chi connectivity index (χ4n) is 3.76. The summed E-state index contributed by atoms with van der Waals surface area (Å²) in [4.78, 5) is 39.4. The lowest BCUT2D eigenvalue weighted by Gasteiger charge is -2.12. The van der Waals surface area contributed by atoms with Crippen LogP contribution < -0.4 is 20.1 Å². The van der Waals surface area contributed by atoms with Gasteiger partial charge in [-0.3, -0.25) is 14.4 Å². The van der Waals surface area contributed by atoms with Crippen LogP contribution in [0.15, 0.2) is 108 Å². The van der Waals surface area contributed by atoms with E-state index in [2.05, 4.69) is 10.6 Å². The number of anilines is 1. The van der Waals surface area contributed by atoms with Gasteiger partial charge in [0.1, 0.15) is 11.5 Å². The Labute approximate surface area is 241 Å². The third-order valence-electron chi connectivity index (χ3n) is 5.92. The van der Waals surface area contributed by atoms with Gasteiger partial charge in [-0.2, -0.15) is 0 Å². The molecule has 0 aliphatic rings. The number of carbonyl (C=O) groups is 3. The molecular formula is C32H27FN2O5S. The number of hydrogen-bond donors (Lipinski definition) is 2. The largest absolute Gasteiger partial charge is 0.493 e. The van der Waals surface area contributed by atoms with Crippen LogP contribution in [-0.4, -0.2) is 37.6 Å². The van der Waals surface area contributed by atoms with E-state index >= 15 is 0 Å². The molecule has 4 rings (SSSR count). The van der Waals surface area contributed by atoms with Crippen LogP contribution in [0.5, 0.6) is 11.5 Å². The Balaban J connectivity index is 1.43. The first kappa shape index (κ1) is 29.1. The zero-order valence-corrected chi connectivity index (χ0v) is 23.2. The summed E-state index contributed by atoms with van der Waals surface area (Å²) in [6, 6.07) is 26.3. The van der Waals surface area contributed by atoms with Crippen molar-refractivity contribution in [3.05, 3.63) is 125 Å². The van der Waals surface area contributed by atoms with Gasteiger partial charge in [0.25, 0.3) is 11.8 Å². The van der Waals surface area contributed by atoms with Gasteiger partial charge in [0, 0.05) is 27.3 Å². The molecule has 2 amide bonds. The van der Waals surface area contributed by atoms with E-state index in [1.54, 1.807) is 78.9 Å². The van der Waals surface area contributed by atoms with Gasteiger partial charge < -0.3 is 20.1 Å². The van der Waals surface area contributed by atoms with Crippen LogP contribution in [0, 0.1) is 5.82 Å². The molecule has 0 radical (unpaired) electrons. The highest BCUT2D eigenvalue weighted by Gasteiger charge is 2.16. The topological polar surface area (TPSA) is 93.7 Å². The summed E-state index contributed by atoms with van der Waals surface area (Å²) in [5.74, 6) is -0.521. The summed E-state index contributed by atoms with van der Waals surface area (Å²) in [5, 5.41) is 5.32. The number of nitrogens with one attached hydrogen (secondary N) is 2. The maximum Gasteiger partial charge on any atom is 0.272 e. The fourth-order valence-corrected chi connectivity index (χ4v) is 4.56. The number of amides is 2. The van der Waals surface area contributed by atoms with Crippen molar-refractivity contribution >= 4 is 41.1 Å². The van der Waals surface area contributed by atoms with E-state index in [1.165, 1.54) is 50.3 Å². The lowest BCUT2D eigenvalue weighted by atomic mass is 10.1. The molecule has 4 aromatic carbocycles. The highest BCUT2D eigenvalue weighted by molar-refractivity contribution is 8.00. The first-order chi connectivity index (χ1) is 19.9. The second-order valence-corrected chi connectivity index (χ2v) is 9.71. The summed E-state index contributed by atoms with van der Waals surface area (Å²) in [5.41, 5.74) is 1.34. The summed E-state index contributed by atoms with van der Waals surface area (Å²) in [6.45, 7) is 0. The van der Waals surface area contributed by atoms with Gasteiger partial charge in [-0.05, 0) is 66.7 Å². The number of benzene rings is 4. The van der Waals surface area contributed by atoms with Crippen molar-refractivity contribution in [3.63, 3.8) is 0 Å². The second kappa shape index (κ2) is 14.0. The van der Waals surface area contributed by atoms with Gasteiger partial charge in [-0.1, -0.05) is 36.4 Å². The number of thioether (sulfide) groups is 1. The number of methoxy groups -OCH3 is 2. The molecule has 9 heteroatoms. The molecule has 0 bridgehead atoms.